The van der Waals surface area contributed by atoms with Crippen molar-refractivity contribution in [3.63, 3.8) is 0 Å². The van der Waals surface area contributed by atoms with Gasteiger partial charge in [-0.05, 0) is 74.8 Å². The summed E-state index contributed by atoms with van der Waals surface area (Å²) in [4.78, 5) is 33.5. The normalized spacial score (nSPS) is 31.5. The molecule has 1 saturated heterocycles. The zero-order valence-corrected chi connectivity index (χ0v) is 21.8. The van der Waals surface area contributed by atoms with Crippen LogP contribution in [0.25, 0.3) is 6.08 Å². The Balaban J connectivity index is 0.000000438. The Labute approximate surface area is 230 Å². The molecule has 2 aliphatic heterocycles. The zero-order chi connectivity index (χ0) is 28.2. The van der Waals surface area contributed by atoms with Crippen LogP contribution in [0, 0.1) is 5.92 Å². The average Bonchev–Trinajstić information content (AvgIpc) is 3.42. The Bertz CT molecular complexity index is 1360. The van der Waals surface area contributed by atoms with E-state index in [4.69, 9.17) is 29.0 Å². The van der Waals surface area contributed by atoms with Crippen LogP contribution in [0.15, 0.2) is 41.2 Å². The number of aliphatic carboxylic acids is 2. The minimum Gasteiger partial charge on any atom is -0.504 e. The summed E-state index contributed by atoms with van der Waals surface area (Å²) in [6.07, 6.45) is 11.3. The van der Waals surface area contributed by atoms with Crippen molar-refractivity contribution in [2.24, 2.45) is 5.92 Å². The van der Waals surface area contributed by atoms with Crippen LogP contribution < -0.4 is 10.1 Å². The number of carboxylic acid groups (broad SMARTS) is 2. The Morgan fingerprint density at radius 3 is 2.55 bits per heavy atom. The molecule has 1 amide bonds. The molecule has 5 atom stereocenters. The van der Waals surface area contributed by atoms with Gasteiger partial charge in [-0.15, -0.1) is 0 Å². The van der Waals surface area contributed by atoms with E-state index < -0.39 is 29.1 Å². The summed E-state index contributed by atoms with van der Waals surface area (Å²) in [7, 11) is 0. The van der Waals surface area contributed by atoms with Crippen molar-refractivity contribution in [3.05, 3.63) is 53.5 Å². The number of rotatable bonds is 5. The van der Waals surface area contributed by atoms with E-state index in [0.29, 0.717) is 18.6 Å². The topological polar surface area (TPSA) is 170 Å². The van der Waals surface area contributed by atoms with Crippen molar-refractivity contribution >= 4 is 23.9 Å². The van der Waals surface area contributed by atoms with E-state index in [0.717, 1.165) is 48.5 Å². The summed E-state index contributed by atoms with van der Waals surface area (Å²) in [6, 6.07) is 5.30. The van der Waals surface area contributed by atoms with Gasteiger partial charge in [0.2, 0.25) is 5.91 Å². The van der Waals surface area contributed by atoms with Crippen LogP contribution in [-0.2, 0) is 26.2 Å². The second-order valence-electron chi connectivity index (χ2n) is 11.4. The summed E-state index contributed by atoms with van der Waals surface area (Å²) in [5.41, 5.74) is 1.41. The number of likely N-dealkylation sites (tertiary alicyclic amines) is 1. The van der Waals surface area contributed by atoms with E-state index in [9.17, 15) is 15.0 Å². The zero-order valence-electron chi connectivity index (χ0n) is 21.8. The van der Waals surface area contributed by atoms with Gasteiger partial charge < -0.3 is 34.9 Å². The van der Waals surface area contributed by atoms with E-state index in [1.807, 2.05) is 6.07 Å². The maximum absolute atomic E-state index is 12.8. The number of hydrogen-bond donors (Lipinski definition) is 5. The molecule has 1 aromatic carbocycles. The fourth-order valence-electron chi connectivity index (χ4n) is 7.40. The van der Waals surface area contributed by atoms with Gasteiger partial charge in [0.25, 0.3) is 0 Å². The summed E-state index contributed by atoms with van der Waals surface area (Å²) in [5.74, 6) is -2.47. The lowest BCUT2D eigenvalue weighted by molar-refractivity contribution is -0.192. The first-order valence-corrected chi connectivity index (χ1v) is 13.6. The van der Waals surface area contributed by atoms with E-state index in [1.165, 1.54) is 18.9 Å². The molecule has 11 heteroatoms. The van der Waals surface area contributed by atoms with Crippen LogP contribution in [0.4, 0.5) is 0 Å². The fraction of sp³-hybridized carbons (Fsp3) is 0.483. The van der Waals surface area contributed by atoms with Crippen molar-refractivity contribution in [1.29, 1.82) is 0 Å². The standard InChI is InChI=1S/C27H30N2O5.C2H2O4/c30-20-5-4-18-13-21-27(32)9-7-19(28-22(31)6-3-17-8-12-33-15-17)25-26(27,23(18)24(20)34-25)10-11-29(21)14-16-1-2-16;3-1(4)2(5)6/h3-6,8,12,15-16,19,21,25,30,32H,1-2,7,9-11,13-14H2,(H,28,31);(H,3,4)(H,5,6)/b6-3+;/t19-,21+,25-,26?,27+;/m0./s1. The number of furan rings is 1. The van der Waals surface area contributed by atoms with Gasteiger partial charge in [-0.3, -0.25) is 9.69 Å². The number of nitrogens with one attached hydrogen (secondary N) is 1. The molecule has 11 nitrogen and oxygen atoms in total. The lowest BCUT2D eigenvalue weighted by atomic mass is 9.48. The molecule has 212 valence electrons. The van der Waals surface area contributed by atoms with Crippen LogP contribution in [0.1, 0.15) is 48.8 Å². The second kappa shape index (κ2) is 9.67. The van der Waals surface area contributed by atoms with Crippen molar-refractivity contribution in [1.82, 2.24) is 10.2 Å². The van der Waals surface area contributed by atoms with Crippen LogP contribution in [-0.4, -0.2) is 80.1 Å². The van der Waals surface area contributed by atoms with Gasteiger partial charge in [0.05, 0.1) is 29.6 Å². The molecule has 2 saturated carbocycles. The number of carbonyl (C=O) groups is 3. The molecule has 1 spiro atoms. The van der Waals surface area contributed by atoms with Gasteiger partial charge in [0, 0.05) is 29.8 Å². The number of benzene rings is 1. The summed E-state index contributed by atoms with van der Waals surface area (Å²) in [5, 5.41) is 41.1. The highest BCUT2D eigenvalue weighted by Crippen LogP contribution is 2.65. The molecule has 0 radical (unpaired) electrons. The molecule has 40 heavy (non-hydrogen) atoms. The number of hydrogen-bond acceptors (Lipinski definition) is 8. The molecular weight excluding hydrogens is 520 g/mol. The molecule has 1 aromatic heterocycles. The second-order valence-corrected chi connectivity index (χ2v) is 11.4. The molecule has 3 aliphatic carbocycles. The molecular formula is C29H32N2O9. The third-order valence-corrected chi connectivity index (χ3v) is 9.24. The SMILES string of the molecule is O=C(/C=C/c1ccoc1)N[C@H]1CC[C@@]2(O)[C@H]3Cc4ccc(O)c5c4C2(CCN3CC2CC2)[C@H]1O5.O=C(O)C(=O)O. The Morgan fingerprint density at radius 2 is 1.88 bits per heavy atom. The highest BCUT2D eigenvalue weighted by Gasteiger charge is 2.73. The summed E-state index contributed by atoms with van der Waals surface area (Å²) in [6.45, 7) is 1.95. The first-order valence-electron chi connectivity index (χ1n) is 13.6. The number of piperidine rings is 1. The number of carbonyl (C=O) groups excluding carboxylic acids is 1. The van der Waals surface area contributed by atoms with E-state index in [1.54, 1.807) is 30.7 Å². The van der Waals surface area contributed by atoms with Crippen molar-refractivity contribution in [2.45, 2.75) is 67.7 Å². The Morgan fingerprint density at radius 1 is 1.10 bits per heavy atom. The van der Waals surface area contributed by atoms with Crippen LogP contribution >= 0.6 is 0 Å². The minimum absolute atomic E-state index is 0.0357. The average molecular weight is 553 g/mol. The third-order valence-electron chi connectivity index (χ3n) is 9.24. The number of phenols is 1. The van der Waals surface area contributed by atoms with Gasteiger partial charge in [-0.25, -0.2) is 9.59 Å². The number of amides is 1. The van der Waals surface area contributed by atoms with E-state index in [-0.39, 0.29) is 23.7 Å². The van der Waals surface area contributed by atoms with E-state index in [2.05, 4.69) is 10.2 Å². The first-order chi connectivity index (χ1) is 19.1. The smallest absolute Gasteiger partial charge is 0.414 e. The van der Waals surface area contributed by atoms with Crippen molar-refractivity contribution in [3.8, 4) is 11.5 Å². The van der Waals surface area contributed by atoms with E-state index >= 15 is 0 Å². The number of phenolic OH excluding ortho intramolecular Hbond substituents is 1. The summed E-state index contributed by atoms with van der Waals surface area (Å²) >= 11 is 0. The predicted octanol–water partition coefficient (Wildman–Crippen LogP) is 1.90. The molecule has 3 heterocycles. The Kier molecular flexibility index (Phi) is 6.38. The Hall–Kier alpha value is -3.83. The number of carboxylic acids is 2. The van der Waals surface area contributed by atoms with Crippen LogP contribution in [0.2, 0.25) is 0 Å². The predicted molar refractivity (Wildman–Crippen MR) is 140 cm³/mol. The largest absolute Gasteiger partial charge is 0.504 e. The molecule has 7 rings (SSSR count). The molecule has 5 aliphatic rings. The van der Waals surface area contributed by atoms with Crippen molar-refractivity contribution in [2.75, 3.05) is 13.1 Å². The molecule has 5 N–H and O–H groups in total. The highest BCUT2D eigenvalue weighted by atomic mass is 16.5. The quantitative estimate of drug-likeness (QED) is 0.273. The number of ether oxygens (including phenoxy) is 1. The minimum atomic E-state index is -1.82. The molecule has 3 fully saturated rings. The monoisotopic (exact) mass is 552 g/mol. The number of aliphatic hydroxyl groups is 1. The molecule has 2 aromatic rings. The molecule has 2 bridgehead atoms. The van der Waals surface area contributed by atoms with Gasteiger partial charge in [0.1, 0.15) is 6.10 Å². The lowest BCUT2D eigenvalue weighted by Gasteiger charge is -2.64. The third kappa shape index (κ3) is 4.15. The first kappa shape index (κ1) is 26.4. The number of nitrogens with zero attached hydrogens (tertiary/aromatic N) is 1. The van der Waals surface area contributed by atoms with Crippen molar-refractivity contribution < 1.29 is 44.0 Å². The van der Waals surface area contributed by atoms with Gasteiger partial charge in [-0.1, -0.05) is 6.07 Å². The number of aromatic hydroxyl groups is 1. The maximum Gasteiger partial charge on any atom is 0.414 e. The maximum atomic E-state index is 12.8. The molecule has 1 unspecified atom stereocenters. The van der Waals surface area contributed by atoms with Gasteiger partial charge in [0.15, 0.2) is 11.5 Å². The van der Waals surface area contributed by atoms with Gasteiger partial charge >= 0.3 is 11.9 Å². The van der Waals surface area contributed by atoms with Crippen LogP contribution in [0.3, 0.4) is 0 Å². The fourth-order valence-corrected chi connectivity index (χ4v) is 7.40. The highest BCUT2D eigenvalue weighted by molar-refractivity contribution is 6.27. The lowest BCUT2D eigenvalue weighted by Crippen LogP contribution is -2.78. The van der Waals surface area contributed by atoms with Gasteiger partial charge in [-0.2, -0.15) is 0 Å². The van der Waals surface area contributed by atoms with Crippen LogP contribution in [0.5, 0.6) is 11.5 Å². The summed E-state index contributed by atoms with van der Waals surface area (Å²) < 4.78 is 11.5.